The van der Waals surface area contributed by atoms with Gasteiger partial charge in [0.15, 0.2) is 10.2 Å². The van der Waals surface area contributed by atoms with Crippen LogP contribution >= 0.6 is 24.4 Å². The summed E-state index contributed by atoms with van der Waals surface area (Å²) in [6.45, 7) is 4.52. The minimum Gasteiger partial charge on any atom is -0.358 e. The van der Waals surface area contributed by atoms with Gasteiger partial charge in [0.05, 0.1) is 4.92 Å². The molecule has 2 rings (SSSR count). The van der Waals surface area contributed by atoms with Crippen molar-refractivity contribution in [1.29, 1.82) is 0 Å². The van der Waals surface area contributed by atoms with Gasteiger partial charge in [-0.05, 0) is 54.8 Å². The van der Waals surface area contributed by atoms with Crippen molar-refractivity contribution in [3.8, 4) is 0 Å². The Kier molecular flexibility index (Phi) is 6.89. The standard InChI is InChI=1S/C16H23N5O2S2/c1-10-4-3-5-14(11(10)2)18-16(25)20-19-15(24)17-12-6-8-13(9-7-12)21(22)23/h6-11,14H,3-5H2,1-2H3,(H2,17,19,24)(H2,18,20,25)/t10-,11-,14+/m1/s1. The number of thiocarbonyl (C=S) groups is 2. The van der Waals surface area contributed by atoms with Crippen LogP contribution in [0.4, 0.5) is 11.4 Å². The summed E-state index contributed by atoms with van der Waals surface area (Å²) >= 11 is 10.5. The first-order chi connectivity index (χ1) is 11.9. The van der Waals surface area contributed by atoms with Crippen LogP contribution in [0.1, 0.15) is 33.1 Å². The Bertz CT molecular complexity index is 638. The molecule has 7 nitrogen and oxygen atoms in total. The van der Waals surface area contributed by atoms with E-state index in [1.807, 2.05) is 0 Å². The van der Waals surface area contributed by atoms with Gasteiger partial charge in [-0.3, -0.25) is 21.0 Å². The molecule has 3 atom stereocenters. The lowest BCUT2D eigenvalue weighted by atomic mass is 9.78. The molecule has 0 bridgehead atoms. The molecule has 9 heteroatoms. The molecule has 0 spiro atoms. The number of rotatable bonds is 3. The molecule has 25 heavy (non-hydrogen) atoms. The molecule has 136 valence electrons. The number of hydrogen-bond donors (Lipinski definition) is 4. The fourth-order valence-corrected chi connectivity index (χ4v) is 3.30. The lowest BCUT2D eigenvalue weighted by Crippen LogP contribution is -2.53. The summed E-state index contributed by atoms with van der Waals surface area (Å²) < 4.78 is 0. The lowest BCUT2D eigenvalue weighted by molar-refractivity contribution is -0.384. The number of nitrogens with one attached hydrogen (secondary N) is 4. The number of nitro benzene ring substituents is 1. The number of benzene rings is 1. The van der Waals surface area contributed by atoms with Crippen molar-refractivity contribution in [2.75, 3.05) is 5.32 Å². The van der Waals surface area contributed by atoms with Gasteiger partial charge in [-0.1, -0.05) is 26.7 Å². The molecule has 1 fully saturated rings. The minimum absolute atomic E-state index is 0.0313. The molecule has 0 heterocycles. The summed E-state index contributed by atoms with van der Waals surface area (Å²) in [6.07, 6.45) is 3.58. The van der Waals surface area contributed by atoms with Crippen molar-refractivity contribution >= 4 is 46.0 Å². The Balaban J connectivity index is 1.75. The smallest absolute Gasteiger partial charge is 0.269 e. The maximum Gasteiger partial charge on any atom is 0.269 e. The maximum atomic E-state index is 10.6. The van der Waals surface area contributed by atoms with Gasteiger partial charge in [-0.15, -0.1) is 0 Å². The van der Waals surface area contributed by atoms with Gasteiger partial charge in [0, 0.05) is 23.9 Å². The maximum absolute atomic E-state index is 10.6. The van der Waals surface area contributed by atoms with Crippen LogP contribution in [0.3, 0.4) is 0 Å². The zero-order valence-corrected chi connectivity index (χ0v) is 15.9. The van der Waals surface area contributed by atoms with E-state index in [-0.39, 0.29) is 5.69 Å². The van der Waals surface area contributed by atoms with E-state index >= 15 is 0 Å². The predicted molar refractivity (Wildman–Crippen MR) is 107 cm³/mol. The first-order valence-electron chi connectivity index (χ1n) is 8.24. The van der Waals surface area contributed by atoms with Crippen molar-refractivity contribution < 1.29 is 4.92 Å². The summed E-state index contributed by atoms with van der Waals surface area (Å²) in [7, 11) is 0. The van der Waals surface area contributed by atoms with Crippen LogP contribution < -0.4 is 21.5 Å². The van der Waals surface area contributed by atoms with Gasteiger partial charge in [-0.2, -0.15) is 0 Å². The van der Waals surface area contributed by atoms with Crippen LogP contribution in [0, 0.1) is 22.0 Å². The van der Waals surface area contributed by atoms with E-state index < -0.39 is 4.92 Å². The number of non-ortho nitro benzene ring substituents is 1. The first kappa shape index (κ1) is 19.3. The highest BCUT2D eigenvalue weighted by molar-refractivity contribution is 7.80. The predicted octanol–water partition coefficient (Wildman–Crippen LogP) is 3.09. The average Bonchev–Trinajstić information content (AvgIpc) is 2.58. The topological polar surface area (TPSA) is 91.3 Å². The van der Waals surface area contributed by atoms with Gasteiger partial charge in [0.1, 0.15) is 0 Å². The van der Waals surface area contributed by atoms with E-state index in [1.165, 1.54) is 25.0 Å². The van der Waals surface area contributed by atoms with E-state index in [2.05, 4.69) is 35.3 Å². The van der Waals surface area contributed by atoms with Crippen LogP contribution in [0.2, 0.25) is 0 Å². The molecule has 1 aliphatic carbocycles. The highest BCUT2D eigenvalue weighted by Gasteiger charge is 2.27. The molecule has 4 N–H and O–H groups in total. The van der Waals surface area contributed by atoms with E-state index in [0.717, 1.165) is 6.42 Å². The molecule has 0 radical (unpaired) electrons. The largest absolute Gasteiger partial charge is 0.358 e. The fraction of sp³-hybridized carbons (Fsp3) is 0.500. The summed E-state index contributed by atoms with van der Waals surface area (Å²) in [5, 5.41) is 17.7. The quantitative estimate of drug-likeness (QED) is 0.361. The highest BCUT2D eigenvalue weighted by Crippen LogP contribution is 2.29. The molecule has 0 amide bonds. The second kappa shape index (κ2) is 8.91. The summed E-state index contributed by atoms with van der Waals surface area (Å²) in [5.41, 5.74) is 6.37. The summed E-state index contributed by atoms with van der Waals surface area (Å²) in [6, 6.07) is 6.37. The Morgan fingerprint density at radius 2 is 1.76 bits per heavy atom. The molecule has 0 unspecified atom stereocenters. The van der Waals surface area contributed by atoms with Crippen molar-refractivity contribution in [3.05, 3.63) is 34.4 Å². The van der Waals surface area contributed by atoms with Gasteiger partial charge in [-0.25, -0.2) is 0 Å². The van der Waals surface area contributed by atoms with Crippen LogP contribution in [0.5, 0.6) is 0 Å². The average molecular weight is 382 g/mol. The molecule has 1 aliphatic rings. The summed E-state index contributed by atoms with van der Waals surface area (Å²) in [4.78, 5) is 10.2. The molecular formula is C16H23N5O2S2. The zero-order valence-electron chi connectivity index (χ0n) is 14.2. The normalized spacial score (nSPS) is 22.6. The molecule has 0 aliphatic heterocycles. The third-order valence-corrected chi connectivity index (χ3v) is 5.07. The van der Waals surface area contributed by atoms with Crippen molar-refractivity contribution in [3.63, 3.8) is 0 Å². The van der Waals surface area contributed by atoms with E-state index in [0.29, 0.717) is 33.8 Å². The Hall–Kier alpha value is -2.00. The van der Waals surface area contributed by atoms with Crippen molar-refractivity contribution in [2.24, 2.45) is 11.8 Å². The fourth-order valence-electron chi connectivity index (χ4n) is 2.93. The van der Waals surface area contributed by atoms with Crippen LogP contribution in [0.25, 0.3) is 0 Å². The number of nitro groups is 1. The van der Waals surface area contributed by atoms with E-state index in [1.54, 1.807) is 12.1 Å². The van der Waals surface area contributed by atoms with Crippen LogP contribution in [0.15, 0.2) is 24.3 Å². The Labute approximate surface area is 158 Å². The van der Waals surface area contributed by atoms with Crippen molar-refractivity contribution in [2.45, 2.75) is 39.2 Å². The zero-order chi connectivity index (χ0) is 18.4. The van der Waals surface area contributed by atoms with Gasteiger partial charge in [0.2, 0.25) is 0 Å². The van der Waals surface area contributed by atoms with Crippen LogP contribution in [-0.2, 0) is 0 Å². The number of nitrogens with zero attached hydrogens (tertiary/aromatic N) is 1. The summed E-state index contributed by atoms with van der Waals surface area (Å²) in [5.74, 6) is 1.26. The van der Waals surface area contributed by atoms with E-state index in [9.17, 15) is 10.1 Å². The first-order valence-corrected chi connectivity index (χ1v) is 9.06. The molecular weight excluding hydrogens is 358 g/mol. The molecule has 1 aromatic rings. The molecule has 0 aromatic heterocycles. The second-order valence-corrected chi connectivity index (χ2v) is 7.17. The number of hydrazine groups is 1. The SMILES string of the molecule is C[C@@H]1[C@H](C)CCC[C@@H]1NC(=S)NNC(=S)Nc1ccc([N+](=O)[O-])cc1. The second-order valence-electron chi connectivity index (χ2n) is 6.36. The third kappa shape index (κ3) is 5.79. The van der Waals surface area contributed by atoms with Crippen LogP contribution in [-0.4, -0.2) is 21.2 Å². The lowest BCUT2D eigenvalue weighted by Gasteiger charge is -2.35. The molecule has 1 saturated carbocycles. The number of hydrogen-bond acceptors (Lipinski definition) is 4. The van der Waals surface area contributed by atoms with E-state index in [4.69, 9.17) is 24.4 Å². The van der Waals surface area contributed by atoms with Crippen molar-refractivity contribution in [1.82, 2.24) is 16.2 Å². The Morgan fingerprint density at radius 3 is 2.40 bits per heavy atom. The van der Waals surface area contributed by atoms with Gasteiger partial charge < -0.3 is 10.6 Å². The highest BCUT2D eigenvalue weighted by atomic mass is 32.1. The monoisotopic (exact) mass is 381 g/mol. The Morgan fingerprint density at radius 1 is 1.12 bits per heavy atom. The minimum atomic E-state index is -0.445. The molecule has 1 aromatic carbocycles. The van der Waals surface area contributed by atoms with Gasteiger partial charge >= 0.3 is 0 Å². The third-order valence-electron chi connectivity index (χ3n) is 4.65. The van der Waals surface area contributed by atoms with Gasteiger partial charge in [0.25, 0.3) is 5.69 Å². The molecule has 0 saturated heterocycles. The number of anilines is 1.